The van der Waals surface area contributed by atoms with E-state index in [0.717, 1.165) is 5.69 Å². The van der Waals surface area contributed by atoms with Crippen LogP contribution in [0, 0.1) is 0 Å². The van der Waals surface area contributed by atoms with E-state index in [-0.39, 0.29) is 5.91 Å². The highest BCUT2D eigenvalue weighted by Crippen LogP contribution is 2.12. The van der Waals surface area contributed by atoms with Crippen LogP contribution in [0.25, 0.3) is 11.0 Å². The number of aromatic amines is 1. The molecule has 0 radical (unpaired) electrons. The second kappa shape index (κ2) is 6.41. The topological polar surface area (TPSA) is 96.0 Å². The highest BCUT2D eigenvalue weighted by Gasteiger charge is 2.10. The number of benzene rings is 2. The summed E-state index contributed by atoms with van der Waals surface area (Å²) in [5.74, 6) is -0.351. The van der Waals surface area contributed by atoms with Crippen molar-refractivity contribution >= 4 is 22.6 Å². The first-order valence-electron chi connectivity index (χ1n) is 7.48. The molecule has 0 saturated heterocycles. The molecule has 0 bridgehead atoms. The molecule has 0 atom stereocenters. The summed E-state index contributed by atoms with van der Waals surface area (Å²) in [4.78, 5) is 38.3. The number of para-hydroxylation sites is 1. The van der Waals surface area contributed by atoms with Gasteiger partial charge in [0.1, 0.15) is 0 Å². The fraction of sp³-hybridized carbons (Fsp3) is 0.118. The average Bonchev–Trinajstić information content (AvgIpc) is 2.61. The largest absolute Gasteiger partial charge is 0.316 e. The molecule has 7 nitrogen and oxygen atoms in total. The van der Waals surface area contributed by atoms with Gasteiger partial charge < -0.3 is 9.55 Å². The predicted molar refractivity (Wildman–Crippen MR) is 92.0 cm³/mol. The molecule has 122 valence electrons. The van der Waals surface area contributed by atoms with Crippen LogP contribution in [-0.2, 0) is 6.54 Å². The molecule has 0 saturated carbocycles. The normalized spacial score (nSPS) is 10.5. The smallest absolute Gasteiger partial charge is 0.316 e. The lowest BCUT2D eigenvalue weighted by molar-refractivity contribution is 0.0963. The van der Waals surface area contributed by atoms with Crippen molar-refractivity contribution in [3.05, 3.63) is 74.8 Å². The summed E-state index contributed by atoms with van der Waals surface area (Å²) < 4.78 is 1.37. The Labute approximate surface area is 136 Å². The van der Waals surface area contributed by atoms with Crippen molar-refractivity contribution in [3.63, 3.8) is 0 Å². The number of aryl methyl sites for hydroxylation is 1. The van der Waals surface area contributed by atoms with Crippen LogP contribution in [0.2, 0.25) is 0 Å². The molecule has 2 aromatic carbocycles. The fourth-order valence-electron chi connectivity index (χ4n) is 2.46. The van der Waals surface area contributed by atoms with Gasteiger partial charge >= 0.3 is 11.1 Å². The van der Waals surface area contributed by atoms with Crippen molar-refractivity contribution in [2.24, 2.45) is 0 Å². The first-order valence-corrected chi connectivity index (χ1v) is 7.48. The highest BCUT2D eigenvalue weighted by atomic mass is 16.2. The maximum atomic E-state index is 12.2. The van der Waals surface area contributed by atoms with Gasteiger partial charge in [-0.1, -0.05) is 18.2 Å². The number of aromatic nitrogens is 2. The Morgan fingerprint density at radius 2 is 1.88 bits per heavy atom. The standard InChI is InChI=1S/C17H16N4O3/c1-2-21-14-9-8-11(10-13(14)18-16(23)17(21)24)15(22)20-19-12-6-4-3-5-7-12/h3-10,19H,2H2,1H3,(H,18,23)(H,20,22). The van der Waals surface area contributed by atoms with Crippen molar-refractivity contribution < 1.29 is 4.79 Å². The molecule has 3 rings (SSSR count). The number of hydrogen-bond acceptors (Lipinski definition) is 4. The van der Waals surface area contributed by atoms with Crippen molar-refractivity contribution in [3.8, 4) is 0 Å². The SMILES string of the molecule is CCn1c(=O)c(=O)[nH]c2cc(C(=O)NNc3ccccc3)ccc21. The summed E-state index contributed by atoms with van der Waals surface area (Å²) in [7, 11) is 0. The van der Waals surface area contributed by atoms with E-state index < -0.39 is 11.1 Å². The second-order valence-corrected chi connectivity index (χ2v) is 5.18. The molecule has 3 N–H and O–H groups in total. The number of H-pyrrole nitrogens is 1. The first kappa shape index (κ1) is 15.5. The van der Waals surface area contributed by atoms with Gasteiger partial charge in [0.2, 0.25) is 0 Å². The minimum Gasteiger partial charge on any atom is -0.316 e. The summed E-state index contributed by atoms with van der Waals surface area (Å²) in [6.45, 7) is 2.16. The number of carbonyl (C=O) groups excluding carboxylic acids is 1. The number of rotatable bonds is 4. The molecule has 3 aromatic rings. The maximum absolute atomic E-state index is 12.2. The van der Waals surface area contributed by atoms with Gasteiger partial charge in [-0.25, -0.2) is 0 Å². The van der Waals surface area contributed by atoms with Crippen LogP contribution in [0.3, 0.4) is 0 Å². The molecule has 0 fully saturated rings. The van der Waals surface area contributed by atoms with Crippen LogP contribution >= 0.6 is 0 Å². The third-order valence-corrected chi connectivity index (χ3v) is 3.65. The van der Waals surface area contributed by atoms with E-state index in [1.165, 1.54) is 4.57 Å². The van der Waals surface area contributed by atoms with E-state index in [9.17, 15) is 14.4 Å². The van der Waals surface area contributed by atoms with E-state index in [4.69, 9.17) is 0 Å². The van der Waals surface area contributed by atoms with Crippen LogP contribution in [0.15, 0.2) is 58.1 Å². The van der Waals surface area contributed by atoms with Crippen LogP contribution < -0.4 is 22.0 Å². The number of nitrogens with zero attached hydrogens (tertiary/aromatic N) is 1. The predicted octanol–water partition coefficient (Wildman–Crippen LogP) is 1.47. The van der Waals surface area contributed by atoms with E-state index in [2.05, 4.69) is 15.8 Å². The van der Waals surface area contributed by atoms with E-state index in [1.54, 1.807) is 25.1 Å². The quantitative estimate of drug-likeness (QED) is 0.500. The lowest BCUT2D eigenvalue weighted by Crippen LogP contribution is -2.36. The molecular formula is C17H16N4O3. The maximum Gasteiger partial charge on any atom is 0.316 e. The minimum atomic E-state index is -0.704. The molecule has 1 amide bonds. The summed E-state index contributed by atoms with van der Waals surface area (Å²) in [5.41, 5.74) is 6.22. The van der Waals surface area contributed by atoms with Crippen LogP contribution in [0.4, 0.5) is 5.69 Å². The van der Waals surface area contributed by atoms with Crippen molar-refractivity contribution in [2.45, 2.75) is 13.5 Å². The third-order valence-electron chi connectivity index (χ3n) is 3.65. The lowest BCUT2D eigenvalue weighted by Gasteiger charge is -2.10. The van der Waals surface area contributed by atoms with Gasteiger partial charge in [-0.15, -0.1) is 0 Å². The van der Waals surface area contributed by atoms with E-state index in [0.29, 0.717) is 23.1 Å². The number of anilines is 1. The van der Waals surface area contributed by atoms with Crippen molar-refractivity contribution in [1.82, 2.24) is 15.0 Å². The van der Waals surface area contributed by atoms with Gasteiger partial charge in [-0.05, 0) is 37.3 Å². The number of amides is 1. The molecule has 0 aliphatic heterocycles. The first-order chi connectivity index (χ1) is 11.6. The summed E-state index contributed by atoms with van der Waals surface area (Å²) >= 11 is 0. The molecule has 7 heteroatoms. The third kappa shape index (κ3) is 2.91. The zero-order chi connectivity index (χ0) is 17.1. The Balaban J connectivity index is 1.90. The van der Waals surface area contributed by atoms with Gasteiger partial charge in [0.15, 0.2) is 0 Å². The van der Waals surface area contributed by atoms with E-state index >= 15 is 0 Å². The highest BCUT2D eigenvalue weighted by molar-refractivity contribution is 5.97. The Kier molecular flexibility index (Phi) is 4.15. The minimum absolute atomic E-state index is 0.351. The number of carbonyl (C=O) groups is 1. The van der Waals surface area contributed by atoms with Gasteiger partial charge in [-0.2, -0.15) is 0 Å². The Hall–Kier alpha value is -3.35. The molecule has 0 unspecified atom stereocenters. The lowest BCUT2D eigenvalue weighted by atomic mass is 10.2. The average molecular weight is 324 g/mol. The van der Waals surface area contributed by atoms with Crippen molar-refractivity contribution in [1.29, 1.82) is 0 Å². The summed E-state index contributed by atoms with van der Waals surface area (Å²) in [5, 5.41) is 0. The number of fused-ring (bicyclic) bond motifs is 1. The number of hydrogen-bond donors (Lipinski definition) is 3. The number of hydrazine groups is 1. The molecular weight excluding hydrogens is 308 g/mol. The Morgan fingerprint density at radius 3 is 2.58 bits per heavy atom. The van der Waals surface area contributed by atoms with E-state index in [1.807, 2.05) is 30.3 Å². The molecule has 1 aromatic heterocycles. The number of nitrogens with one attached hydrogen (secondary N) is 3. The van der Waals surface area contributed by atoms with Crippen molar-refractivity contribution in [2.75, 3.05) is 5.43 Å². The van der Waals surface area contributed by atoms with Crippen LogP contribution in [-0.4, -0.2) is 15.5 Å². The molecule has 1 heterocycles. The Bertz CT molecular complexity index is 1010. The van der Waals surface area contributed by atoms with Crippen LogP contribution in [0.1, 0.15) is 17.3 Å². The molecule has 0 aliphatic rings. The van der Waals surface area contributed by atoms with Crippen LogP contribution in [0.5, 0.6) is 0 Å². The molecule has 24 heavy (non-hydrogen) atoms. The second-order valence-electron chi connectivity index (χ2n) is 5.18. The van der Waals surface area contributed by atoms with Gasteiger partial charge in [0.05, 0.1) is 16.7 Å². The van der Waals surface area contributed by atoms with Gasteiger partial charge in [0, 0.05) is 12.1 Å². The van der Waals surface area contributed by atoms with Gasteiger partial charge in [0.25, 0.3) is 5.91 Å². The molecule has 0 spiro atoms. The van der Waals surface area contributed by atoms with Gasteiger partial charge in [-0.3, -0.25) is 25.2 Å². The zero-order valence-electron chi connectivity index (χ0n) is 13.0. The summed E-state index contributed by atoms with van der Waals surface area (Å²) in [6.07, 6.45) is 0. The summed E-state index contributed by atoms with van der Waals surface area (Å²) in [6, 6.07) is 14.0. The fourth-order valence-corrected chi connectivity index (χ4v) is 2.46. The molecule has 0 aliphatic carbocycles. The Morgan fingerprint density at radius 1 is 1.12 bits per heavy atom. The zero-order valence-corrected chi connectivity index (χ0v) is 13.0. The monoisotopic (exact) mass is 324 g/mol.